The highest BCUT2D eigenvalue weighted by atomic mass is 16.5. The summed E-state index contributed by atoms with van der Waals surface area (Å²) >= 11 is 0. The normalized spacial score (nSPS) is 19.9. The molecule has 0 aliphatic carbocycles. The summed E-state index contributed by atoms with van der Waals surface area (Å²) < 4.78 is 5.33. The number of piperidine rings is 1. The molecule has 2 fully saturated rings. The van der Waals surface area contributed by atoms with Crippen molar-refractivity contribution in [2.45, 2.75) is 45.3 Å². The highest BCUT2D eigenvalue weighted by molar-refractivity contribution is 5.89. The largest absolute Gasteiger partial charge is 0.387 e. The Bertz CT molecular complexity index is 1210. The second-order valence-electron chi connectivity index (χ2n) is 10.0. The molecule has 6 rings (SSSR count). The van der Waals surface area contributed by atoms with Gasteiger partial charge < -0.3 is 20.1 Å². The van der Waals surface area contributed by atoms with E-state index in [1.807, 2.05) is 18.3 Å². The molecule has 3 aromatic heterocycles. The average Bonchev–Trinajstić information content (AvgIpc) is 2.86. The molecule has 0 amide bonds. The number of hydrogen-bond donors (Lipinski definition) is 2. The van der Waals surface area contributed by atoms with E-state index in [1.54, 1.807) is 6.92 Å². The standard InChI is InChI=1S/C26H33N7O2/c1-17(34)22-11-20-12-27-26(31-24(20)25(29-22)33-8-3-2-4-9-33)30-23-6-5-19-14-32(10-7-21(19)28-23)13-18-15-35-16-18/h5-6,11-12,17-18,34H,2-4,7-10,13-16H2,1H3,(H,27,28,30,31). The van der Waals surface area contributed by atoms with Gasteiger partial charge in [0.15, 0.2) is 5.82 Å². The van der Waals surface area contributed by atoms with E-state index < -0.39 is 6.10 Å². The number of nitrogens with zero attached hydrogens (tertiary/aromatic N) is 6. The highest BCUT2D eigenvalue weighted by Gasteiger charge is 2.25. The molecule has 9 nitrogen and oxygen atoms in total. The molecule has 184 valence electrons. The Morgan fingerprint density at radius 2 is 1.97 bits per heavy atom. The number of aromatic nitrogens is 4. The van der Waals surface area contributed by atoms with Crippen LogP contribution in [0.25, 0.3) is 10.9 Å². The number of fused-ring (bicyclic) bond motifs is 2. The first kappa shape index (κ1) is 22.6. The molecule has 0 spiro atoms. The lowest BCUT2D eigenvalue weighted by Gasteiger charge is -2.34. The van der Waals surface area contributed by atoms with Crippen LogP contribution in [-0.4, -0.2) is 69.3 Å². The van der Waals surface area contributed by atoms with Crippen molar-refractivity contribution in [3.05, 3.63) is 41.3 Å². The number of rotatable bonds is 6. The highest BCUT2D eigenvalue weighted by Crippen LogP contribution is 2.30. The monoisotopic (exact) mass is 475 g/mol. The SMILES string of the molecule is CC(O)c1cc2cnc(Nc3ccc4c(n3)CCN(CC3COC3)C4)nc2c(N2CCCCC2)n1. The quantitative estimate of drug-likeness (QED) is 0.557. The summed E-state index contributed by atoms with van der Waals surface area (Å²) in [5.74, 6) is 2.78. The zero-order chi connectivity index (χ0) is 23.8. The summed E-state index contributed by atoms with van der Waals surface area (Å²) in [6, 6.07) is 6.07. The van der Waals surface area contributed by atoms with Crippen LogP contribution in [0.3, 0.4) is 0 Å². The van der Waals surface area contributed by atoms with Gasteiger partial charge in [0.05, 0.1) is 25.0 Å². The number of nitrogens with one attached hydrogen (secondary N) is 1. The van der Waals surface area contributed by atoms with Crippen LogP contribution in [0.4, 0.5) is 17.6 Å². The zero-order valence-corrected chi connectivity index (χ0v) is 20.3. The van der Waals surface area contributed by atoms with Crippen LogP contribution in [0.5, 0.6) is 0 Å². The number of hydrogen-bond acceptors (Lipinski definition) is 9. The molecule has 9 heteroatoms. The van der Waals surface area contributed by atoms with Gasteiger partial charge in [0.25, 0.3) is 0 Å². The molecular weight excluding hydrogens is 442 g/mol. The fraction of sp³-hybridized carbons (Fsp3) is 0.538. The molecule has 0 aromatic carbocycles. The summed E-state index contributed by atoms with van der Waals surface area (Å²) in [5, 5.41) is 14.4. The van der Waals surface area contributed by atoms with Crippen molar-refractivity contribution in [3.8, 4) is 0 Å². The maximum atomic E-state index is 10.2. The number of aliphatic hydroxyl groups is 1. The first-order valence-corrected chi connectivity index (χ1v) is 12.8. The van der Waals surface area contributed by atoms with E-state index in [0.717, 1.165) is 93.4 Å². The summed E-state index contributed by atoms with van der Waals surface area (Å²) in [7, 11) is 0. The number of aliphatic hydroxyl groups excluding tert-OH is 1. The van der Waals surface area contributed by atoms with Gasteiger partial charge in [-0.3, -0.25) is 4.90 Å². The lowest BCUT2D eigenvalue weighted by Crippen LogP contribution is -2.41. The minimum absolute atomic E-state index is 0.511. The third-order valence-electron chi connectivity index (χ3n) is 7.24. The molecule has 1 atom stereocenters. The molecule has 3 aliphatic heterocycles. The molecular formula is C26H33N7O2. The Morgan fingerprint density at radius 3 is 2.74 bits per heavy atom. The minimum atomic E-state index is -0.640. The Hall–Kier alpha value is -2.88. The molecule has 2 N–H and O–H groups in total. The summed E-state index contributed by atoms with van der Waals surface area (Å²) in [6.45, 7) is 8.52. The van der Waals surface area contributed by atoms with E-state index in [-0.39, 0.29) is 0 Å². The fourth-order valence-corrected chi connectivity index (χ4v) is 5.21. The van der Waals surface area contributed by atoms with Gasteiger partial charge in [-0.25, -0.2) is 19.9 Å². The lowest BCUT2D eigenvalue weighted by molar-refractivity contribution is -0.0480. The van der Waals surface area contributed by atoms with Gasteiger partial charge in [0.1, 0.15) is 11.3 Å². The summed E-state index contributed by atoms with van der Waals surface area (Å²) in [6.07, 6.45) is 5.64. The third-order valence-corrected chi connectivity index (χ3v) is 7.24. The van der Waals surface area contributed by atoms with Gasteiger partial charge >= 0.3 is 0 Å². The van der Waals surface area contributed by atoms with Crippen molar-refractivity contribution in [1.29, 1.82) is 0 Å². The maximum absolute atomic E-state index is 10.2. The molecule has 2 saturated heterocycles. The van der Waals surface area contributed by atoms with E-state index in [9.17, 15) is 5.11 Å². The van der Waals surface area contributed by atoms with Crippen LogP contribution in [0, 0.1) is 5.92 Å². The molecule has 35 heavy (non-hydrogen) atoms. The van der Waals surface area contributed by atoms with E-state index in [2.05, 4.69) is 26.2 Å². The number of anilines is 3. The average molecular weight is 476 g/mol. The Morgan fingerprint density at radius 1 is 1.11 bits per heavy atom. The maximum Gasteiger partial charge on any atom is 0.229 e. The second kappa shape index (κ2) is 9.64. The molecule has 6 heterocycles. The topological polar surface area (TPSA) is 99.5 Å². The van der Waals surface area contributed by atoms with Crippen LogP contribution < -0.4 is 10.2 Å². The zero-order valence-electron chi connectivity index (χ0n) is 20.3. The predicted molar refractivity (Wildman–Crippen MR) is 135 cm³/mol. The van der Waals surface area contributed by atoms with Gasteiger partial charge in [-0.15, -0.1) is 0 Å². The van der Waals surface area contributed by atoms with Crippen LogP contribution in [0.1, 0.15) is 49.2 Å². The van der Waals surface area contributed by atoms with Crippen molar-refractivity contribution >= 4 is 28.5 Å². The molecule has 3 aliphatic rings. The summed E-state index contributed by atoms with van der Waals surface area (Å²) in [5.41, 5.74) is 3.90. The van der Waals surface area contributed by atoms with Crippen LogP contribution in [-0.2, 0) is 17.7 Å². The first-order valence-electron chi connectivity index (χ1n) is 12.8. The Balaban J connectivity index is 1.24. The molecule has 0 bridgehead atoms. The van der Waals surface area contributed by atoms with Crippen LogP contribution in [0.2, 0.25) is 0 Å². The van der Waals surface area contributed by atoms with Gasteiger partial charge in [-0.1, -0.05) is 6.07 Å². The third kappa shape index (κ3) is 4.80. The van der Waals surface area contributed by atoms with Crippen LogP contribution >= 0.6 is 0 Å². The van der Waals surface area contributed by atoms with Crippen molar-refractivity contribution in [3.63, 3.8) is 0 Å². The van der Waals surface area contributed by atoms with E-state index in [4.69, 9.17) is 19.7 Å². The van der Waals surface area contributed by atoms with Crippen molar-refractivity contribution < 1.29 is 9.84 Å². The Kier molecular flexibility index (Phi) is 6.22. The predicted octanol–water partition coefficient (Wildman–Crippen LogP) is 3.21. The van der Waals surface area contributed by atoms with E-state index in [1.165, 1.54) is 12.0 Å². The number of ether oxygens (including phenoxy) is 1. The van der Waals surface area contributed by atoms with E-state index in [0.29, 0.717) is 17.6 Å². The van der Waals surface area contributed by atoms with Crippen molar-refractivity contribution in [2.24, 2.45) is 5.92 Å². The second-order valence-corrected chi connectivity index (χ2v) is 10.0. The lowest BCUT2D eigenvalue weighted by atomic mass is 10.0. The smallest absolute Gasteiger partial charge is 0.229 e. The molecule has 0 saturated carbocycles. The number of pyridine rings is 2. The summed E-state index contributed by atoms with van der Waals surface area (Å²) in [4.78, 5) is 23.9. The van der Waals surface area contributed by atoms with Crippen molar-refractivity contribution in [2.75, 3.05) is 49.6 Å². The molecule has 0 radical (unpaired) electrons. The van der Waals surface area contributed by atoms with Crippen LogP contribution in [0.15, 0.2) is 24.4 Å². The van der Waals surface area contributed by atoms with Gasteiger partial charge in [0.2, 0.25) is 5.95 Å². The minimum Gasteiger partial charge on any atom is -0.387 e. The Labute approximate surface area is 205 Å². The van der Waals surface area contributed by atoms with Crippen molar-refractivity contribution in [1.82, 2.24) is 24.8 Å². The van der Waals surface area contributed by atoms with Gasteiger partial charge in [0, 0.05) is 62.3 Å². The fourth-order valence-electron chi connectivity index (χ4n) is 5.21. The first-order chi connectivity index (χ1) is 17.1. The molecule has 1 unspecified atom stereocenters. The van der Waals surface area contributed by atoms with Gasteiger partial charge in [-0.2, -0.15) is 0 Å². The van der Waals surface area contributed by atoms with Gasteiger partial charge in [-0.05, 0) is 43.9 Å². The van der Waals surface area contributed by atoms with E-state index >= 15 is 0 Å². The molecule has 3 aromatic rings.